The van der Waals surface area contributed by atoms with Crippen molar-refractivity contribution >= 4 is 22.4 Å². The molecule has 122 valence electrons. The Balaban J connectivity index is 1.89. The molecule has 1 aliphatic heterocycles. The number of nitrogens with one attached hydrogen (secondary N) is 1. The summed E-state index contributed by atoms with van der Waals surface area (Å²) in [5.41, 5.74) is 0.797. The topological polar surface area (TPSA) is 71.3 Å². The predicted octanol–water partition coefficient (Wildman–Crippen LogP) is 2.67. The third-order valence-corrected chi connectivity index (χ3v) is 4.18. The molecule has 3 rings (SSSR count). The van der Waals surface area contributed by atoms with Crippen LogP contribution in [0.2, 0.25) is 0 Å². The number of benzene rings is 1. The van der Waals surface area contributed by atoms with Crippen LogP contribution in [-0.2, 0) is 0 Å². The lowest BCUT2D eigenvalue weighted by Gasteiger charge is -2.37. The van der Waals surface area contributed by atoms with E-state index in [2.05, 4.69) is 15.2 Å². The Bertz CT molecular complexity index is 710. The summed E-state index contributed by atoms with van der Waals surface area (Å²) in [7, 11) is 0. The maximum absolute atomic E-state index is 12.5. The van der Waals surface area contributed by atoms with Crippen molar-refractivity contribution in [1.29, 1.82) is 0 Å². The van der Waals surface area contributed by atoms with Crippen molar-refractivity contribution in [2.45, 2.75) is 18.9 Å². The molecule has 0 spiro atoms. The molecule has 0 saturated carbocycles. The number of nitro groups is 1. The van der Waals surface area contributed by atoms with Crippen molar-refractivity contribution < 1.29 is 9.31 Å². The number of piperazine rings is 1. The molecule has 1 atom stereocenters. The molecule has 1 N–H and O–H groups in total. The highest BCUT2D eigenvalue weighted by Crippen LogP contribution is 2.25. The van der Waals surface area contributed by atoms with E-state index in [0.29, 0.717) is 6.42 Å². The average Bonchev–Trinajstić information content (AvgIpc) is 2.59. The van der Waals surface area contributed by atoms with Crippen LogP contribution < -0.4 is 10.2 Å². The molecule has 1 saturated heterocycles. The van der Waals surface area contributed by atoms with E-state index in [4.69, 9.17) is 0 Å². The Morgan fingerprint density at radius 3 is 3.04 bits per heavy atom. The first kappa shape index (κ1) is 15.6. The molecule has 2 aromatic rings. The highest BCUT2D eigenvalue weighted by Gasteiger charge is 2.23. The first-order valence-electron chi connectivity index (χ1n) is 7.77. The summed E-state index contributed by atoms with van der Waals surface area (Å²) in [5.74, 6) is 0.844. The lowest BCUT2D eigenvalue weighted by Crippen LogP contribution is -2.51. The molecule has 1 aromatic carbocycles. The maximum Gasteiger partial charge on any atom is 0.270 e. The molecule has 0 radical (unpaired) electrons. The summed E-state index contributed by atoms with van der Waals surface area (Å²) >= 11 is 0. The van der Waals surface area contributed by atoms with Gasteiger partial charge in [-0.2, -0.15) is 0 Å². The zero-order valence-electron chi connectivity index (χ0n) is 12.7. The summed E-state index contributed by atoms with van der Waals surface area (Å²) < 4.78 is 12.5. The Morgan fingerprint density at radius 2 is 2.26 bits per heavy atom. The minimum Gasteiger partial charge on any atom is -0.351 e. The van der Waals surface area contributed by atoms with E-state index >= 15 is 0 Å². The number of hydrogen-bond donors (Lipinski definition) is 1. The molecular formula is C16H19FN4O2. The Kier molecular flexibility index (Phi) is 4.66. The first-order valence-corrected chi connectivity index (χ1v) is 7.77. The Morgan fingerprint density at radius 1 is 1.39 bits per heavy atom. The number of nitro benzene ring substituents is 1. The number of non-ortho nitro benzene ring substituents is 1. The Labute approximate surface area is 133 Å². The van der Waals surface area contributed by atoms with Crippen LogP contribution in [0.5, 0.6) is 0 Å². The number of halogens is 1. The SMILES string of the molecule is O=[N+]([O-])c1ccc2nc(N3CCNCC3CCC[18F])ccc2c1. The van der Waals surface area contributed by atoms with Gasteiger partial charge in [-0.15, -0.1) is 0 Å². The number of fused-ring (bicyclic) bond motifs is 1. The molecule has 0 amide bonds. The third kappa shape index (κ3) is 3.39. The van der Waals surface area contributed by atoms with E-state index in [1.165, 1.54) is 12.1 Å². The summed E-state index contributed by atoms with van der Waals surface area (Å²) in [5, 5.41) is 14.9. The zero-order valence-corrected chi connectivity index (χ0v) is 12.7. The van der Waals surface area contributed by atoms with E-state index in [0.717, 1.165) is 42.8 Å². The fourth-order valence-electron chi connectivity index (χ4n) is 3.01. The van der Waals surface area contributed by atoms with Crippen LogP contribution >= 0.6 is 0 Å². The summed E-state index contributed by atoms with van der Waals surface area (Å²) in [4.78, 5) is 17.3. The second-order valence-electron chi connectivity index (χ2n) is 5.69. The van der Waals surface area contributed by atoms with Crippen molar-refractivity contribution in [3.63, 3.8) is 0 Å². The van der Waals surface area contributed by atoms with Gasteiger partial charge in [0.2, 0.25) is 0 Å². The molecule has 0 bridgehead atoms. The second-order valence-corrected chi connectivity index (χ2v) is 5.69. The van der Waals surface area contributed by atoms with Gasteiger partial charge in [0.05, 0.1) is 17.1 Å². The van der Waals surface area contributed by atoms with Crippen LogP contribution in [0.3, 0.4) is 0 Å². The van der Waals surface area contributed by atoms with E-state index in [9.17, 15) is 14.5 Å². The van der Waals surface area contributed by atoms with Gasteiger partial charge >= 0.3 is 0 Å². The lowest BCUT2D eigenvalue weighted by atomic mass is 10.1. The number of pyridine rings is 1. The van der Waals surface area contributed by atoms with E-state index in [1.807, 2.05) is 12.1 Å². The quantitative estimate of drug-likeness (QED) is 0.678. The van der Waals surface area contributed by atoms with Crippen molar-refractivity contribution in [2.75, 3.05) is 31.2 Å². The highest BCUT2D eigenvalue weighted by molar-refractivity contribution is 5.82. The fraction of sp³-hybridized carbons (Fsp3) is 0.438. The van der Waals surface area contributed by atoms with Gasteiger partial charge in [0.25, 0.3) is 5.69 Å². The highest BCUT2D eigenvalue weighted by atomic mass is 18.2. The fourth-order valence-corrected chi connectivity index (χ4v) is 3.01. The molecule has 1 aromatic heterocycles. The molecular weight excluding hydrogens is 298 g/mol. The monoisotopic (exact) mass is 317 g/mol. The molecule has 1 unspecified atom stereocenters. The third-order valence-electron chi connectivity index (χ3n) is 4.18. The first-order chi connectivity index (χ1) is 11.2. The molecule has 0 aliphatic carbocycles. The van der Waals surface area contributed by atoms with Gasteiger partial charge in [-0.05, 0) is 31.0 Å². The smallest absolute Gasteiger partial charge is 0.270 e. The van der Waals surface area contributed by atoms with E-state index < -0.39 is 4.92 Å². The molecule has 7 heteroatoms. The zero-order chi connectivity index (χ0) is 16.2. The number of rotatable bonds is 5. The number of anilines is 1. The number of aromatic nitrogens is 1. The Hall–Kier alpha value is -2.28. The molecule has 1 fully saturated rings. The molecule has 23 heavy (non-hydrogen) atoms. The molecule has 2 heterocycles. The number of alkyl halides is 1. The van der Waals surface area contributed by atoms with E-state index in [1.54, 1.807) is 6.07 Å². The maximum atomic E-state index is 12.5. The van der Waals surface area contributed by atoms with Gasteiger partial charge in [-0.3, -0.25) is 14.5 Å². The summed E-state index contributed by atoms with van der Waals surface area (Å²) in [6, 6.07) is 8.65. The van der Waals surface area contributed by atoms with Crippen LogP contribution in [0, 0.1) is 10.1 Å². The summed E-state index contributed by atoms with van der Waals surface area (Å²) in [6.45, 7) is 2.20. The lowest BCUT2D eigenvalue weighted by molar-refractivity contribution is -0.384. The van der Waals surface area contributed by atoms with Crippen LogP contribution in [-0.4, -0.2) is 42.3 Å². The number of nitrogens with zero attached hydrogens (tertiary/aromatic N) is 3. The minimum atomic E-state index is -0.406. The minimum absolute atomic E-state index is 0.0649. The molecule has 6 nitrogen and oxygen atoms in total. The van der Waals surface area contributed by atoms with Crippen molar-refractivity contribution in [1.82, 2.24) is 10.3 Å². The van der Waals surface area contributed by atoms with Gasteiger partial charge in [-0.1, -0.05) is 0 Å². The average molecular weight is 317 g/mol. The molecule has 1 aliphatic rings. The van der Waals surface area contributed by atoms with Gasteiger partial charge in [0.15, 0.2) is 0 Å². The van der Waals surface area contributed by atoms with Crippen LogP contribution in [0.1, 0.15) is 12.8 Å². The largest absolute Gasteiger partial charge is 0.351 e. The second kappa shape index (κ2) is 6.87. The van der Waals surface area contributed by atoms with Gasteiger partial charge in [0, 0.05) is 43.2 Å². The van der Waals surface area contributed by atoms with Crippen molar-refractivity contribution in [3.8, 4) is 0 Å². The van der Waals surface area contributed by atoms with Gasteiger partial charge < -0.3 is 10.2 Å². The number of hydrogen-bond acceptors (Lipinski definition) is 5. The van der Waals surface area contributed by atoms with Crippen LogP contribution in [0.4, 0.5) is 15.9 Å². The van der Waals surface area contributed by atoms with E-state index in [-0.39, 0.29) is 18.4 Å². The normalized spacial score (nSPS) is 18.3. The standard InChI is InChI=1S/C16H19FN4O2/c17-7-1-2-14-11-18-8-9-20(14)16-6-3-12-10-13(21(22)23)4-5-15(12)19-16/h3-6,10,14,18H,1-2,7-9,11H2/i17-1. The van der Waals surface area contributed by atoms with Gasteiger partial charge in [-0.25, -0.2) is 4.98 Å². The van der Waals surface area contributed by atoms with Crippen LogP contribution in [0.15, 0.2) is 30.3 Å². The van der Waals surface area contributed by atoms with Crippen molar-refractivity contribution in [2.24, 2.45) is 0 Å². The predicted molar refractivity (Wildman–Crippen MR) is 87.6 cm³/mol. The van der Waals surface area contributed by atoms with Gasteiger partial charge in [0.1, 0.15) is 5.82 Å². The summed E-state index contributed by atoms with van der Waals surface area (Å²) in [6.07, 6.45) is 1.33. The van der Waals surface area contributed by atoms with Crippen molar-refractivity contribution in [3.05, 3.63) is 40.4 Å². The van der Waals surface area contributed by atoms with Crippen LogP contribution in [0.25, 0.3) is 10.9 Å².